The zero-order valence-electron chi connectivity index (χ0n) is 8.00. The molecule has 0 aromatic carbocycles. The fourth-order valence-corrected chi connectivity index (χ4v) is 2.55. The molecule has 1 aliphatic rings. The molecule has 1 atom stereocenters. The fourth-order valence-electron chi connectivity index (χ4n) is 1.03. The molecule has 0 fully saturated rings. The van der Waals surface area contributed by atoms with E-state index in [1.807, 2.05) is 0 Å². The van der Waals surface area contributed by atoms with Gasteiger partial charge in [0.1, 0.15) is 6.42 Å². The molecule has 0 saturated carbocycles. The van der Waals surface area contributed by atoms with E-state index in [-0.39, 0.29) is 5.75 Å². The standard InChI is InChI=1S/C9H10F2O3S/c1-14-8(13)4-6(12)5-15-3-2-7(10)9(15)11/h2-3,15H,4-5H2,1H3. The van der Waals surface area contributed by atoms with Gasteiger partial charge in [-0.3, -0.25) is 9.59 Å². The molecular weight excluding hydrogens is 226 g/mol. The van der Waals surface area contributed by atoms with Gasteiger partial charge in [0, 0.05) is 5.75 Å². The highest BCUT2D eigenvalue weighted by Crippen LogP contribution is 2.45. The Labute approximate surface area is 88.1 Å². The molecule has 3 nitrogen and oxygen atoms in total. The summed E-state index contributed by atoms with van der Waals surface area (Å²) >= 11 is 0. The van der Waals surface area contributed by atoms with E-state index in [1.165, 1.54) is 5.41 Å². The minimum absolute atomic E-state index is 0.153. The summed E-state index contributed by atoms with van der Waals surface area (Å²) < 4.78 is 29.8. The Bertz CT molecular complexity index is 349. The number of methoxy groups -OCH3 is 1. The minimum atomic E-state index is -1.52. The first-order valence-electron chi connectivity index (χ1n) is 4.13. The highest BCUT2D eigenvalue weighted by Gasteiger charge is 2.21. The second-order valence-electron chi connectivity index (χ2n) is 2.87. The van der Waals surface area contributed by atoms with Gasteiger partial charge in [0.25, 0.3) is 0 Å². The topological polar surface area (TPSA) is 43.4 Å². The van der Waals surface area contributed by atoms with Crippen LogP contribution in [-0.2, 0) is 14.3 Å². The Balaban J connectivity index is 2.47. The fraction of sp³-hybridized carbons (Fsp3) is 0.333. The Morgan fingerprint density at radius 3 is 2.60 bits per heavy atom. The maximum Gasteiger partial charge on any atom is 0.313 e. The maximum atomic E-state index is 13.0. The van der Waals surface area contributed by atoms with Gasteiger partial charge in [-0.2, -0.15) is 15.3 Å². The van der Waals surface area contributed by atoms with E-state index in [1.54, 1.807) is 0 Å². The predicted octanol–water partition coefficient (Wildman–Crippen LogP) is 1.76. The summed E-state index contributed by atoms with van der Waals surface area (Å²) in [5.41, 5.74) is 0. The summed E-state index contributed by atoms with van der Waals surface area (Å²) in [7, 11) is -0.357. The van der Waals surface area contributed by atoms with Crippen LogP contribution in [-0.4, -0.2) is 24.6 Å². The zero-order chi connectivity index (χ0) is 11.4. The number of rotatable bonds is 4. The van der Waals surface area contributed by atoms with Crippen molar-refractivity contribution in [3.05, 3.63) is 22.5 Å². The lowest BCUT2D eigenvalue weighted by Gasteiger charge is -2.09. The van der Waals surface area contributed by atoms with Crippen LogP contribution in [0.2, 0.25) is 0 Å². The molecule has 1 heterocycles. The molecule has 6 heteroatoms. The number of hydrogen-bond donors (Lipinski definition) is 1. The molecule has 15 heavy (non-hydrogen) atoms. The molecule has 0 saturated heterocycles. The maximum absolute atomic E-state index is 13.0. The van der Waals surface area contributed by atoms with Crippen molar-refractivity contribution in [3.8, 4) is 0 Å². The van der Waals surface area contributed by atoms with Crippen molar-refractivity contribution < 1.29 is 23.1 Å². The Morgan fingerprint density at radius 1 is 1.47 bits per heavy atom. The number of hydrogen-bond acceptors (Lipinski definition) is 3. The lowest BCUT2D eigenvalue weighted by atomic mass is 10.3. The van der Waals surface area contributed by atoms with Crippen molar-refractivity contribution in [3.63, 3.8) is 0 Å². The van der Waals surface area contributed by atoms with Gasteiger partial charge in [-0.05, 0) is 11.5 Å². The number of halogens is 2. The van der Waals surface area contributed by atoms with E-state index in [9.17, 15) is 18.4 Å². The summed E-state index contributed by atoms with van der Waals surface area (Å²) in [6.45, 7) is 0. The monoisotopic (exact) mass is 236 g/mol. The smallest absolute Gasteiger partial charge is 0.313 e. The summed E-state index contributed by atoms with van der Waals surface area (Å²) in [6, 6.07) is 0. The molecule has 0 bridgehead atoms. The molecule has 0 amide bonds. The van der Waals surface area contributed by atoms with Gasteiger partial charge in [-0.15, -0.1) is 0 Å². The van der Waals surface area contributed by atoms with E-state index < -0.39 is 40.1 Å². The first kappa shape index (κ1) is 11.9. The van der Waals surface area contributed by atoms with E-state index in [0.29, 0.717) is 0 Å². The quantitative estimate of drug-likeness (QED) is 0.459. The second-order valence-corrected chi connectivity index (χ2v) is 4.82. The van der Waals surface area contributed by atoms with Gasteiger partial charge in [0.15, 0.2) is 16.8 Å². The first-order valence-corrected chi connectivity index (χ1v) is 5.73. The van der Waals surface area contributed by atoms with E-state index in [0.717, 1.165) is 13.2 Å². The SMILES string of the molecule is COC(=O)CC(=O)C[SH]1C=CC(F)=C1F. The lowest BCUT2D eigenvalue weighted by Crippen LogP contribution is -2.12. The van der Waals surface area contributed by atoms with Crippen molar-refractivity contribution in [2.24, 2.45) is 0 Å². The summed E-state index contributed by atoms with van der Waals surface area (Å²) in [5.74, 6) is -2.18. The molecule has 0 aliphatic carbocycles. The number of carbonyl (C=O) groups is 2. The van der Waals surface area contributed by atoms with Crippen LogP contribution in [0.25, 0.3) is 0 Å². The van der Waals surface area contributed by atoms with E-state index in [4.69, 9.17) is 0 Å². The van der Waals surface area contributed by atoms with Gasteiger partial charge >= 0.3 is 5.97 Å². The van der Waals surface area contributed by atoms with Gasteiger partial charge in [0.2, 0.25) is 0 Å². The van der Waals surface area contributed by atoms with E-state index in [2.05, 4.69) is 4.74 Å². The summed E-state index contributed by atoms with van der Waals surface area (Å²) in [4.78, 5) is 21.9. The molecule has 1 unspecified atom stereocenters. The molecule has 0 N–H and O–H groups in total. The van der Waals surface area contributed by atoms with Crippen LogP contribution >= 0.6 is 10.9 Å². The molecule has 84 valence electrons. The molecule has 0 spiro atoms. The summed E-state index contributed by atoms with van der Waals surface area (Å²) in [6.07, 6.45) is 0.616. The highest BCUT2D eigenvalue weighted by atomic mass is 32.2. The normalized spacial score (nSPS) is 21.9. The number of ketones is 1. The van der Waals surface area contributed by atoms with Gasteiger partial charge in [-0.25, -0.2) is 4.39 Å². The van der Waals surface area contributed by atoms with Crippen molar-refractivity contribution in [1.82, 2.24) is 0 Å². The zero-order valence-corrected chi connectivity index (χ0v) is 8.89. The third-order valence-corrected chi connectivity index (χ3v) is 3.69. The molecule has 0 aromatic heterocycles. The predicted molar refractivity (Wildman–Crippen MR) is 53.9 cm³/mol. The molecular formula is C9H10F2O3S. The van der Waals surface area contributed by atoms with Gasteiger partial charge in [0.05, 0.1) is 7.11 Å². The molecule has 0 radical (unpaired) electrons. The lowest BCUT2D eigenvalue weighted by molar-refractivity contribution is -0.142. The second kappa shape index (κ2) is 5.06. The molecule has 1 aliphatic heterocycles. The average molecular weight is 236 g/mol. The number of ether oxygens (including phenoxy) is 1. The van der Waals surface area contributed by atoms with Crippen LogP contribution in [0.3, 0.4) is 0 Å². The van der Waals surface area contributed by atoms with Crippen LogP contribution in [0.1, 0.15) is 6.42 Å². The van der Waals surface area contributed by atoms with E-state index >= 15 is 0 Å². The van der Waals surface area contributed by atoms with Crippen molar-refractivity contribution >= 4 is 22.6 Å². The Morgan fingerprint density at radius 2 is 2.13 bits per heavy atom. The van der Waals surface area contributed by atoms with Crippen molar-refractivity contribution in [2.75, 3.05) is 12.9 Å². The number of allylic oxidation sites excluding steroid dienone is 2. The van der Waals surface area contributed by atoms with Crippen LogP contribution in [0.5, 0.6) is 0 Å². The minimum Gasteiger partial charge on any atom is -0.469 e. The molecule has 0 aromatic rings. The Kier molecular flexibility index (Phi) is 4.02. The number of carbonyl (C=O) groups excluding carboxylic acids is 2. The van der Waals surface area contributed by atoms with Gasteiger partial charge < -0.3 is 4.74 Å². The highest BCUT2D eigenvalue weighted by molar-refractivity contribution is 8.23. The number of thiol groups is 1. The average Bonchev–Trinajstić information content (AvgIpc) is 2.49. The third kappa shape index (κ3) is 3.16. The first-order chi connectivity index (χ1) is 7.04. The van der Waals surface area contributed by atoms with Gasteiger partial charge in [-0.1, -0.05) is 0 Å². The number of esters is 1. The van der Waals surface area contributed by atoms with Crippen LogP contribution in [0.4, 0.5) is 8.78 Å². The van der Waals surface area contributed by atoms with Crippen LogP contribution in [0.15, 0.2) is 22.5 Å². The molecule has 1 rings (SSSR count). The van der Waals surface area contributed by atoms with Crippen LogP contribution in [0, 0.1) is 0 Å². The van der Waals surface area contributed by atoms with Crippen LogP contribution < -0.4 is 0 Å². The van der Waals surface area contributed by atoms with Crippen molar-refractivity contribution in [1.29, 1.82) is 0 Å². The Hall–Kier alpha value is -1.17. The largest absolute Gasteiger partial charge is 0.469 e. The number of Topliss-reactive ketones (excluding diaryl/α,β-unsaturated/α-hetero) is 1. The third-order valence-electron chi connectivity index (χ3n) is 1.77. The van der Waals surface area contributed by atoms with Crippen molar-refractivity contribution in [2.45, 2.75) is 6.42 Å². The summed E-state index contributed by atoms with van der Waals surface area (Å²) in [5, 5.41) is 0.443.